The van der Waals surface area contributed by atoms with Gasteiger partial charge >= 0.3 is 0 Å². The standard InChI is InChI=1S/C11H12ClO/c1-3-5-9-6-7-11(13-4-2)10(12)8-9/h5-8H,4H2,1-2H3. The molecule has 1 nitrogen and oxygen atoms in total. The Morgan fingerprint density at radius 1 is 1.54 bits per heavy atom. The molecule has 1 aromatic carbocycles. The van der Waals surface area contributed by atoms with E-state index in [9.17, 15) is 0 Å². The number of halogens is 1. The molecule has 0 saturated heterocycles. The van der Waals surface area contributed by atoms with Gasteiger partial charge in [-0.05, 0) is 37.6 Å². The van der Waals surface area contributed by atoms with Crippen molar-refractivity contribution in [2.75, 3.05) is 6.61 Å². The van der Waals surface area contributed by atoms with E-state index in [0.29, 0.717) is 11.6 Å². The van der Waals surface area contributed by atoms with Crippen molar-refractivity contribution in [3.63, 3.8) is 0 Å². The highest BCUT2D eigenvalue weighted by atomic mass is 35.5. The van der Waals surface area contributed by atoms with E-state index in [-0.39, 0.29) is 0 Å². The van der Waals surface area contributed by atoms with E-state index in [1.54, 1.807) is 0 Å². The van der Waals surface area contributed by atoms with Gasteiger partial charge in [-0.2, -0.15) is 0 Å². The van der Waals surface area contributed by atoms with Crippen LogP contribution in [-0.4, -0.2) is 6.61 Å². The molecule has 0 aromatic heterocycles. The molecule has 0 aliphatic carbocycles. The van der Waals surface area contributed by atoms with Crippen molar-refractivity contribution < 1.29 is 4.74 Å². The normalized spacial score (nSPS) is 10.7. The molecule has 0 aliphatic rings. The number of allylic oxidation sites excluding steroid dienone is 1. The highest BCUT2D eigenvalue weighted by Gasteiger charge is 1.99. The van der Waals surface area contributed by atoms with Gasteiger partial charge in [0.2, 0.25) is 0 Å². The molecular formula is C11H12ClO. The van der Waals surface area contributed by atoms with Gasteiger partial charge in [0, 0.05) is 0 Å². The van der Waals surface area contributed by atoms with Crippen LogP contribution in [0.15, 0.2) is 18.2 Å². The average Bonchev–Trinajstić information content (AvgIpc) is 2.10. The first kappa shape index (κ1) is 10.1. The third-order valence-electron chi connectivity index (χ3n) is 1.57. The summed E-state index contributed by atoms with van der Waals surface area (Å²) >= 11 is 5.97. The van der Waals surface area contributed by atoms with Crippen LogP contribution in [0.2, 0.25) is 5.02 Å². The van der Waals surface area contributed by atoms with E-state index in [1.807, 2.05) is 38.1 Å². The van der Waals surface area contributed by atoms with Crippen LogP contribution >= 0.6 is 11.6 Å². The van der Waals surface area contributed by atoms with E-state index >= 15 is 0 Å². The maximum atomic E-state index is 5.97. The molecule has 69 valence electrons. The molecular weight excluding hydrogens is 184 g/mol. The minimum atomic E-state index is 0.634. The number of benzene rings is 1. The lowest BCUT2D eigenvalue weighted by atomic mass is 10.2. The van der Waals surface area contributed by atoms with E-state index in [1.165, 1.54) is 0 Å². The molecule has 0 amide bonds. The van der Waals surface area contributed by atoms with Crippen LogP contribution in [0.5, 0.6) is 5.75 Å². The van der Waals surface area contributed by atoms with Gasteiger partial charge in [0.15, 0.2) is 0 Å². The minimum absolute atomic E-state index is 0.634. The lowest BCUT2D eigenvalue weighted by Gasteiger charge is -2.05. The summed E-state index contributed by atoms with van der Waals surface area (Å²) in [6, 6.07) is 5.69. The molecule has 0 bridgehead atoms. The Kier molecular flexibility index (Phi) is 3.84. The molecule has 1 rings (SSSR count). The highest BCUT2D eigenvalue weighted by molar-refractivity contribution is 6.32. The first-order valence-corrected chi connectivity index (χ1v) is 4.58. The van der Waals surface area contributed by atoms with E-state index < -0.39 is 0 Å². The van der Waals surface area contributed by atoms with Crippen molar-refractivity contribution in [2.45, 2.75) is 13.8 Å². The summed E-state index contributed by atoms with van der Waals surface area (Å²) in [7, 11) is 0. The molecule has 0 spiro atoms. The van der Waals surface area contributed by atoms with Crippen LogP contribution in [0, 0.1) is 6.08 Å². The molecule has 0 unspecified atom stereocenters. The minimum Gasteiger partial charge on any atom is -0.492 e. The van der Waals surface area contributed by atoms with Crippen molar-refractivity contribution in [3.8, 4) is 5.75 Å². The van der Waals surface area contributed by atoms with Gasteiger partial charge in [0.05, 0.1) is 11.6 Å². The van der Waals surface area contributed by atoms with Crippen molar-refractivity contribution in [1.82, 2.24) is 0 Å². The molecule has 0 saturated carbocycles. The first-order valence-electron chi connectivity index (χ1n) is 4.20. The number of hydrogen-bond donors (Lipinski definition) is 0. The fourth-order valence-corrected chi connectivity index (χ4v) is 1.29. The van der Waals surface area contributed by atoms with Crippen LogP contribution in [0.3, 0.4) is 0 Å². The Bertz CT molecular complexity index is 305. The summed E-state index contributed by atoms with van der Waals surface area (Å²) in [4.78, 5) is 0. The summed E-state index contributed by atoms with van der Waals surface area (Å²) in [5, 5.41) is 0.644. The third-order valence-corrected chi connectivity index (χ3v) is 1.86. The first-order chi connectivity index (χ1) is 6.27. The second kappa shape index (κ2) is 4.93. The Morgan fingerprint density at radius 3 is 2.85 bits per heavy atom. The number of rotatable bonds is 3. The van der Waals surface area contributed by atoms with Gasteiger partial charge in [0.1, 0.15) is 5.75 Å². The van der Waals surface area contributed by atoms with Crippen molar-refractivity contribution in [2.24, 2.45) is 0 Å². The van der Waals surface area contributed by atoms with Crippen molar-refractivity contribution in [1.29, 1.82) is 0 Å². The van der Waals surface area contributed by atoms with Crippen LogP contribution in [0.4, 0.5) is 0 Å². The topological polar surface area (TPSA) is 9.23 Å². The predicted molar refractivity (Wildman–Crippen MR) is 56.0 cm³/mol. The Hall–Kier alpha value is -0.950. The third kappa shape index (κ3) is 2.78. The van der Waals surface area contributed by atoms with Crippen molar-refractivity contribution >= 4 is 17.7 Å². The molecule has 0 heterocycles. The molecule has 2 heteroatoms. The van der Waals surface area contributed by atoms with Gasteiger partial charge in [-0.25, -0.2) is 0 Å². The zero-order valence-corrected chi connectivity index (χ0v) is 8.56. The molecule has 1 aromatic rings. The smallest absolute Gasteiger partial charge is 0.137 e. The van der Waals surface area contributed by atoms with Gasteiger partial charge < -0.3 is 4.74 Å². The quantitative estimate of drug-likeness (QED) is 0.717. The summed E-state index contributed by atoms with van der Waals surface area (Å²) in [5.74, 6) is 0.734. The predicted octanol–water partition coefficient (Wildman–Crippen LogP) is 3.57. The van der Waals surface area contributed by atoms with Crippen LogP contribution in [0.25, 0.3) is 6.08 Å². The van der Waals surface area contributed by atoms with Crippen LogP contribution in [0.1, 0.15) is 19.4 Å². The summed E-state index contributed by atoms with van der Waals surface area (Å²) in [5.41, 5.74) is 1.04. The molecule has 0 aliphatic heterocycles. The Morgan fingerprint density at radius 2 is 2.31 bits per heavy atom. The van der Waals surface area contributed by atoms with Gasteiger partial charge in [-0.1, -0.05) is 23.7 Å². The summed E-state index contributed by atoms with van der Waals surface area (Å²) < 4.78 is 5.30. The maximum Gasteiger partial charge on any atom is 0.137 e. The number of hydrogen-bond acceptors (Lipinski definition) is 1. The molecule has 1 radical (unpaired) electrons. The van der Waals surface area contributed by atoms with Crippen LogP contribution in [-0.2, 0) is 0 Å². The largest absolute Gasteiger partial charge is 0.492 e. The molecule has 13 heavy (non-hydrogen) atoms. The van der Waals surface area contributed by atoms with Gasteiger partial charge in [0.25, 0.3) is 0 Å². The van der Waals surface area contributed by atoms with E-state index in [4.69, 9.17) is 16.3 Å². The lowest BCUT2D eigenvalue weighted by molar-refractivity contribution is 0.340. The number of ether oxygens (including phenoxy) is 1. The fourth-order valence-electron chi connectivity index (χ4n) is 1.05. The van der Waals surface area contributed by atoms with Crippen LogP contribution < -0.4 is 4.74 Å². The Balaban J connectivity index is 2.91. The molecule has 0 fully saturated rings. The van der Waals surface area contributed by atoms with E-state index in [0.717, 1.165) is 11.3 Å². The zero-order chi connectivity index (χ0) is 9.68. The maximum absolute atomic E-state index is 5.97. The van der Waals surface area contributed by atoms with E-state index in [2.05, 4.69) is 6.08 Å². The monoisotopic (exact) mass is 195 g/mol. The van der Waals surface area contributed by atoms with Gasteiger partial charge in [-0.15, -0.1) is 0 Å². The average molecular weight is 196 g/mol. The zero-order valence-electron chi connectivity index (χ0n) is 7.80. The second-order valence-corrected chi connectivity index (χ2v) is 2.96. The lowest BCUT2D eigenvalue weighted by Crippen LogP contribution is -1.91. The summed E-state index contributed by atoms with van der Waals surface area (Å²) in [6.45, 7) is 4.42. The van der Waals surface area contributed by atoms with Gasteiger partial charge in [-0.3, -0.25) is 0 Å². The summed E-state index contributed by atoms with van der Waals surface area (Å²) in [6.07, 6.45) is 4.81. The SMILES string of the molecule is C[C]=Cc1ccc(OCC)c(Cl)c1. The second-order valence-electron chi connectivity index (χ2n) is 2.56. The molecule has 0 atom stereocenters. The fraction of sp³-hybridized carbons (Fsp3) is 0.273. The molecule has 0 N–H and O–H groups in total. The highest BCUT2D eigenvalue weighted by Crippen LogP contribution is 2.25. The Labute approximate surface area is 84.0 Å². The van der Waals surface area contributed by atoms with Crippen molar-refractivity contribution in [3.05, 3.63) is 34.9 Å².